The highest BCUT2D eigenvalue weighted by Gasteiger charge is 2.39. The number of rotatable bonds is 16. The molecule has 1 amide bonds. The zero-order valence-electron chi connectivity index (χ0n) is 32.6. The summed E-state index contributed by atoms with van der Waals surface area (Å²) < 4.78 is 17.1. The van der Waals surface area contributed by atoms with Crippen molar-refractivity contribution in [2.24, 2.45) is 11.7 Å². The molecule has 6 N–H and O–H groups in total. The quantitative estimate of drug-likeness (QED) is 0.0653. The van der Waals surface area contributed by atoms with Crippen molar-refractivity contribution in [2.75, 3.05) is 0 Å². The topological polar surface area (TPSA) is 161 Å². The summed E-state index contributed by atoms with van der Waals surface area (Å²) in [7, 11) is 0. The summed E-state index contributed by atoms with van der Waals surface area (Å²) >= 11 is 0. The molecule has 6 aromatic carbocycles. The highest BCUT2D eigenvalue weighted by Crippen LogP contribution is 2.35. The molecule has 0 saturated carbocycles. The number of carboxylic acid groups (broad SMARTS) is 1. The summed E-state index contributed by atoms with van der Waals surface area (Å²) in [5, 5.41) is 34.2. The van der Waals surface area contributed by atoms with Gasteiger partial charge in [-0.1, -0.05) is 172 Å². The van der Waals surface area contributed by atoms with E-state index in [1.54, 1.807) is 30.3 Å². The number of carbonyl (C=O) groups is 2. The Morgan fingerprint density at radius 3 is 1.47 bits per heavy atom. The molecule has 10 nitrogen and oxygen atoms in total. The molecule has 0 bridgehead atoms. The minimum atomic E-state index is -1.66. The number of ether oxygens (including phenoxy) is 3. The van der Waals surface area contributed by atoms with Crippen LogP contribution in [0.1, 0.15) is 53.3 Å². The van der Waals surface area contributed by atoms with E-state index < -0.39 is 29.8 Å². The van der Waals surface area contributed by atoms with Crippen molar-refractivity contribution in [2.45, 2.75) is 57.5 Å². The number of alkyl carbamates (subject to hydrolysis) is 1. The molecule has 6 rings (SSSR count). The predicted molar refractivity (Wildman–Crippen MR) is 223 cm³/mol. The number of hydrogen-bond acceptors (Lipinski definition) is 8. The number of hydrogen-bond donors (Lipinski definition) is 5. The van der Waals surface area contributed by atoms with Crippen molar-refractivity contribution in [3.63, 3.8) is 0 Å². The molecule has 0 radical (unpaired) electrons. The molecule has 3 atom stereocenters. The van der Waals surface area contributed by atoms with Gasteiger partial charge in [0.15, 0.2) is 17.5 Å². The average molecular weight is 783 g/mol. The van der Waals surface area contributed by atoms with Crippen LogP contribution in [0.15, 0.2) is 170 Å². The minimum Gasteiger partial charge on any atom is -0.485 e. The van der Waals surface area contributed by atoms with E-state index in [4.69, 9.17) is 19.9 Å². The third-order valence-electron chi connectivity index (χ3n) is 9.48. The SMILES string of the molecule is CC(C)[C@H](N)C(O)(c1ccccc1)c1ccccc1.O=C(N[C@H](C(=O)O)C(O)c1ccc(OCc2ccccc2)c(OCc2ccccc2)c1)OCc1ccccc1. The maximum Gasteiger partial charge on any atom is 0.408 e. The van der Waals surface area contributed by atoms with E-state index in [2.05, 4.69) is 5.32 Å². The van der Waals surface area contributed by atoms with Gasteiger partial charge in [-0.25, -0.2) is 9.59 Å². The standard InChI is InChI=1S/C31H29NO7.C17H21NO/c33-29(28(30(34)35)32-31(36)39-21-24-14-8-3-9-15-24)25-16-17-26(37-19-22-10-4-1-5-11-22)27(18-25)38-20-23-12-6-2-7-13-23;1-13(2)16(18)17(19,14-9-5-3-6-10-14)15-11-7-4-8-12-15/h1-18,28-29,33H,19-21H2,(H,32,36)(H,34,35);3-13,16,19H,18H2,1-2H3/t28-,29?;16-/m00/s1. The van der Waals surface area contributed by atoms with Crippen molar-refractivity contribution in [3.8, 4) is 11.5 Å². The van der Waals surface area contributed by atoms with Crippen molar-refractivity contribution < 1.29 is 39.1 Å². The van der Waals surface area contributed by atoms with Crippen LogP contribution in [-0.2, 0) is 35.0 Å². The van der Waals surface area contributed by atoms with Crippen LogP contribution in [0.3, 0.4) is 0 Å². The largest absolute Gasteiger partial charge is 0.485 e. The summed E-state index contributed by atoms with van der Waals surface area (Å²) in [5.41, 5.74) is 9.67. The number of aliphatic hydroxyl groups is 2. The molecule has 0 aromatic heterocycles. The van der Waals surface area contributed by atoms with E-state index in [-0.39, 0.29) is 37.3 Å². The molecule has 58 heavy (non-hydrogen) atoms. The Bertz CT molecular complexity index is 2100. The van der Waals surface area contributed by atoms with Gasteiger partial charge in [0.05, 0.1) is 0 Å². The third-order valence-corrected chi connectivity index (χ3v) is 9.48. The van der Waals surface area contributed by atoms with Crippen LogP contribution in [-0.4, -0.2) is 39.5 Å². The van der Waals surface area contributed by atoms with E-state index in [1.165, 1.54) is 12.1 Å². The fraction of sp³-hybridized carbons (Fsp3) is 0.208. The number of amides is 1. The van der Waals surface area contributed by atoms with Gasteiger partial charge in [-0.05, 0) is 51.4 Å². The molecular formula is C48H50N2O8. The third kappa shape index (κ3) is 11.8. The summed E-state index contributed by atoms with van der Waals surface area (Å²) in [4.78, 5) is 24.3. The first-order chi connectivity index (χ1) is 28.1. The lowest BCUT2D eigenvalue weighted by Gasteiger charge is -2.37. The fourth-order valence-corrected chi connectivity index (χ4v) is 6.19. The molecule has 0 aliphatic heterocycles. The van der Waals surface area contributed by atoms with Gasteiger partial charge < -0.3 is 40.6 Å². The number of carboxylic acids is 1. The number of aliphatic carboxylic acids is 1. The smallest absolute Gasteiger partial charge is 0.408 e. The van der Waals surface area contributed by atoms with Crippen molar-refractivity contribution >= 4 is 12.1 Å². The van der Waals surface area contributed by atoms with E-state index >= 15 is 0 Å². The number of nitrogens with one attached hydrogen (secondary N) is 1. The van der Waals surface area contributed by atoms with E-state index in [0.29, 0.717) is 11.5 Å². The molecule has 6 aromatic rings. The Balaban J connectivity index is 0.000000281. The second-order valence-electron chi connectivity index (χ2n) is 14.0. The molecule has 0 aliphatic rings. The number of benzene rings is 6. The van der Waals surface area contributed by atoms with E-state index in [0.717, 1.165) is 27.8 Å². The second kappa shape index (κ2) is 21.2. The maximum atomic E-state index is 12.3. The molecular weight excluding hydrogens is 733 g/mol. The van der Waals surface area contributed by atoms with Crippen LogP contribution in [0, 0.1) is 5.92 Å². The lowest BCUT2D eigenvalue weighted by molar-refractivity contribution is -0.142. The van der Waals surface area contributed by atoms with Crippen LogP contribution in [0.2, 0.25) is 0 Å². The number of carbonyl (C=O) groups excluding carboxylic acids is 1. The first-order valence-electron chi connectivity index (χ1n) is 19.0. The monoisotopic (exact) mass is 782 g/mol. The van der Waals surface area contributed by atoms with E-state index in [9.17, 15) is 24.9 Å². The van der Waals surface area contributed by atoms with Gasteiger partial charge >= 0.3 is 12.1 Å². The molecule has 1 unspecified atom stereocenters. The van der Waals surface area contributed by atoms with E-state index in [1.807, 2.05) is 141 Å². The van der Waals surface area contributed by atoms with Crippen molar-refractivity contribution in [1.82, 2.24) is 5.32 Å². The molecule has 0 heterocycles. The van der Waals surface area contributed by atoms with Gasteiger partial charge in [-0.3, -0.25) is 0 Å². The van der Waals surface area contributed by atoms with Gasteiger partial charge in [0.25, 0.3) is 0 Å². The van der Waals surface area contributed by atoms with Gasteiger partial charge in [-0.15, -0.1) is 0 Å². The van der Waals surface area contributed by atoms with Crippen LogP contribution in [0.5, 0.6) is 11.5 Å². The summed E-state index contributed by atoms with van der Waals surface area (Å²) in [5.74, 6) is -0.504. The van der Waals surface area contributed by atoms with Crippen molar-refractivity contribution in [1.29, 1.82) is 0 Å². The second-order valence-corrected chi connectivity index (χ2v) is 14.0. The maximum absolute atomic E-state index is 12.3. The first kappa shape index (κ1) is 42.7. The zero-order valence-corrected chi connectivity index (χ0v) is 32.6. The van der Waals surface area contributed by atoms with Gasteiger partial charge in [0.2, 0.25) is 0 Å². The number of nitrogens with two attached hydrogens (primary N) is 1. The molecule has 0 spiro atoms. The average Bonchev–Trinajstić information content (AvgIpc) is 3.27. The highest BCUT2D eigenvalue weighted by molar-refractivity contribution is 5.80. The fourth-order valence-electron chi connectivity index (χ4n) is 6.19. The first-order valence-corrected chi connectivity index (χ1v) is 19.0. The molecule has 0 fully saturated rings. The Morgan fingerprint density at radius 1 is 0.621 bits per heavy atom. The lowest BCUT2D eigenvalue weighted by Crippen LogP contribution is -2.49. The minimum absolute atomic E-state index is 0.0416. The summed E-state index contributed by atoms with van der Waals surface area (Å²) in [6, 6.07) is 50.0. The van der Waals surface area contributed by atoms with Gasteiger partial charge in [-0.2, -0.15) is 0 Å². The normalized spacial score (nSPS) is 12.6. The van der Waals surface area contributed by atoms with Crippen LogP contribution >= 0.6 is 0 Å². The zero-order chi connectivity index (χ0) is 41.3. The Kier molecular flexibility index (Phi) is 15.6. The van der Waals surface area contributed by atoms with Crippen molar-refractivity contribution in [3.05, 3.63) is 203 Å². The predicted octanol–water partition coefficient (Wildman–Crippen LogP) is 8.16. The van der Waals surface area contributed by atoms with Gasteiger partial charge in [0, 0.05) is 6.04 Å². The molecule has 0 aliphatic carbocycles. The molecule has 300 valence electrons. The van der Waals surface area contributed by atoms with Crippen LogP contribution < -0.4 is 20.5 Å². The summed E-state index contributed by atoms with van der Waals surface area (Å²) in [6.45, 7) is 4.54. The molecule has 0 saturated heterocycles. The van der Waals surface area contributed by atoms with Crippen LogP contribution in [0.4, 0.5) is 4.79 Å². The van der Waals surface area contributed by atoms with Gasteiger partial charge in [0.1, 0.15) is 31.5 Å². The summed E-state index contributed by atoms with van der Waals surface area (Å²) in [6.07, 6.45) is -2.55. The Labute approximate surface area is 339 Å². The highest BCUT2D eigenvalue weighted by atomic mass is 16.5. The number of aliphatic hydroxyl groups excluding tert-OH is 1. The Morgan fingerprint density at radius 2 is 1.03 bits per heavy atom. The Hall–Kier alpha value is -6.46. The lowest BCUT2D eigenvalue weighted by atomic mass is 9.76. The van der Waals surface area contributed by atoms with Crippen LogP contribution in [0.25, 0.3) is 0 Å². The molecule has 10 heteroatoms.